The maximum atomic E-state index is 6.06. The first-order valence-corrected chi connectivity index (χ1v) is 11.8. The second-order valence-electron chi connectivity index (χ2n) is 7.68. The Balaban J connectivity index is 1.37. The Morgan fingerprint density at radius 2 is 1.94 bits per heavy atom. The zero-order chi connectivity index (χ0) is 22.1. The summed E-state index contributed by atoms with van der Waals surface area (Å²) in [6.45, 7) is 5.26. The number of nitrogens with zero attached hydrogens (tertiary/aromatic N) is 5. The van der Waals surface area contributed by atoms with E-state index in [0.717, 1.165) is 53.1 Å². The maximum Gasteiger partial charge on any atom is 0.251 e. The third-order valence-electron chi connectivity index (χ3n) is 5.29. The molecular weight excluding hydrogens is 450 g/mol. The molecule has 0 unspecified atom stereocenters. The highest BCUT2D eigenvalue weighted by Gasteiger charge is 2.22. The summed E-state index contributed by atoms with van der Waals surface area (Å²) in [5.74, 6) is 3.81. The van der Waals surface area contributed by atoms with Crippen molar-refractivity contribution in [3.8, 4) is 22.8 Å². The number of aryl methyl sites for hydroxylation is 2. The van der Waals surface area contributed by atoms with Crippen LogP contribution in [0.25, 0.3) is 22.8 Å². The molecule has 0 spiro atoms. The molecule has 0 saturated carbocycles. The van der Waals surface area contributed by atoms with E-state index in [4.69, 9.17) is 25.2 Å². The average Bonchev–Trinajstić information content (AvgIpc) is 3.56. The number of furan rings is 1. The molecule has 4 aromatic rings. The van der Waals surface area contributed by atoms with Gasteiger partial charge in [-0.15, -0.1) is 20.4 Å². The molecule has 8 nitrogen and oxygen atoms in total. The molecule has 1 atom stereocenters. The summed E-state index contributed by atoms with van der Waals surface area (Å²) in [5.41, 5.74) is 1.77. The molecule has 0 N–H and O–H groups in total. The van der Waals surface area contributed by atoms with E-state index in [1.165, 1.54) is 11.8 Å². The number of rotatable bonds is 7. The highest BCUT2D eigenvalue weighted by atomic mass is 35.5. The predicted octanol–water partition coefficient (Wildman–Crippen LogP) is 5.33. The third-order valence-corrected chi connectivity index (χ3v) is 6.50. The lowest BCUT2D eigenvalue weighted by atomic mass is 10.2. The maximum absolute atomic E-state index is 6.06. The Morgan fingerprint density at radius 1 is 1.09 bits per heavy atom. The Hall–Kier alpha value is -2.62. The second kappa shape index (κ2) is 9.09. The Morgan fingerprint density at radius 3 is 2.66 bits per heavy atom. The molecular formula is C22H22ClN5O3S. The van der Waals surface area contributed by atoms with Crippen molar-refractivity contribution in [2.75, 3.05) is 6.61 Å². The number of halogens is 1. The van der Waals surface area contributed by atoms with Crippen molar-refractivity contribution in [3.05, 3.63) is 52.8 Å². The number of thioether (sulfide) groups is 1. The fraction of sp³-hybridized carbons (Fsp3) is 0.364. The highest BCUT2D eigenvalue weighted by Crippen LogP contribution is 2.30. The van der Waals surface area contributed by atoms with Crippen molar-refractivity contribution >= 4 is 23.4 Å². The summed E-state index contributed by atoms with van der Waals surface area (Å²) in [6.07, 6.45) is 2.25. The van der Waals surface area contributed by atoms with Crippen molar-refractivity contribution < 1.29 is 13.6 Å². The van der Waals surface area contributed by atoms with Crippen LogP contribution in [0.4, 0.5) is 0 Å². The fourth-order valence-corrected chi connectivity index (χ4v) is 4.67. The lowest BCUT2D eigenvalue weighted by Gasteiger charge is -2.14. The smallest absolute Gasteiger partial charge is 0.251 e. The van der Waals surface area contributed by atoms with Gasteiger partial charge in [0.25, 0.3) is 5.89 Å². The molecule has 4 heterocycles. The molecule has 0 amide bonds. The van der Waals surface area contributed by atoms with E-state index in [9.17, 15) is 0 Å². The Labute approximate surface area is 194 Å². The summed E-state index contributed by atoms with van der Waals surface area (Å²) in [7, 11) is 0. The lowest BCUT2D eigenvalue weighted by molar-refractivity contribution is 0.0953. The largest absolute Gasteiger partial charge is 0.466 e. The van der Waals surface area contributed by atoms with Crippen LogP contribution in [-0.2, 0) is 17.0 Å². The van der Waals surface area contributed by atoms with Crippen LogP contribution >= 0.6 is 23.4 Å². The number of ether oxygens (including phenoxy) is 1. The molecule has 3 aromatic heterocycles. The zero-order valence-corrected chi connectivity index (χ0v) is 19.3. The number of hydrogen-bond donors (Lipinski definition) is 0. The second-order valence-corrected chi connectivity index (χ2v) is 9.05. The minimum atomic E-state index is 0.152. The Kier molecular flexibility index (Phi) is 6.03. The van der Waals surface area contributed by atoms with Crippen molar-refractivity contribution in [2.24, 2.45) is 0 Å². The standard InChI is InChI=1S/C22H22ClN5O3S/c1-13-10-18(14(2)30-13)21-26-24-19(31-21)12-32-22-27-25-20(15-5-7-16(23)8-6-15)28(22)11-17-4-3-9-29-17/h5-8,10,17H,3-4,9,11-12H2,1-2H3/t17-/m1/s1. The van der Waals surface area contributed by atoms with Crippen LogP contribution < -0.4 is 0 Å². The van der Waals surface area contributed by atoms with Gasteiger partial charge in [0.15, 0.2) is 11.0 Å². The van der Waals surface area contributed by atoms with Crippen LogP contribution in [0.2, 0.25) is 5.02 Å². The van der Waals surface area contributed by atoms with E-state index in [0.29, 0.717) is 29.1 Å². The monoisotopic (exact) mass is 471 g/mol. The molecule has 1 saturated heterocycles. The van der Waals surface area contributed by atoms with Gasteiger partial charge in [0.2, 0.25) is 5.89 Å². The lowest BCUT2D eigenvalue weighted by Crippen LogP contribution is -2.16. The summed E-state index contributed by atoms with van der Waals surface area (Å²) < 4.78 is 19.4. The van der Waals surface area contributed by atoms with E-state index >= 15 is 0 Å². The van der Waals surface area contributed by atoms with Gasteiger partial charge in [0.1, 0.15) is 11.5 Å². The first-order valence-electron chi connectivity index (χ1n) is 10.4. The van der Waals surface area contributed by atoms with Crippen LogP contribution in [0.1, 0.15) is 30.3 Å². The molecule has 0 aliphatic carbocycles. The molecule has 1 aromatic carbocycles. The Bertz CT molecular complexity index is 1210. The van der Waals surface area contributed by atoms with E-state index < -0.39 is 0 Å². The zero-order valence-electron chi connectivity index (χ0n) is 17.7. The van der Waals surface area contributed by atoms with E-state index in [1.54, 1.807) is 0 Å². The average molecular weight is 472 g/mol. The van der Waals surface area contributed by atoms with E-state index in [2.05, 4.69) is 25.0 Å². The first-order chi connectivity index (χ1) is 15.6. The number of aromatic nitrogens is 5. The SMILES string of the molecule is Cc1cc(-c2nnc(CSc3nnc(-c4ccc(Cl)cc4)n3C[C@H]3CCCO3)o2)c(C)o1. The minimum absolute atomic E-state index is 0.152. The van der Waals surface area contributed by atoms with Gasteiger partial charge in [0.05, 0.1) is 24.0 Å². The molecule has 1 aliphatic heterocycles. The molecule has 0 radical (unpaired) electrons. The minimum Gasteiger partial charge on any atom is -0.466 e. The normalized spacial score (nSPS) is 16.2. The molecule has 0 bridgehead atoms. The van der Waals surface area contributed by atoms with Gasteiger partial charge in [-0.2, -0.15) is 0 Å². The van der Waals surface area contributed by atoms with Crippen molar-refractivity contribution in [1.82, 2.24) is 25.0 Å². The number of hydrogen-bond acceptors (Lipinski definition) is 8. The van der Waals surface area contributed by atoms with Crippen LogP contribution in [0, 0.1) is 13.8 Å². The summed E-state index contributed by atoms with van der Waals surface area (Å²) >= 11 is 7.57. The van der Waals surface area contributed by atoms with Gasteiger partial charge in [-0.05, 0) is 57.0 Å². The van der Waals surface area contributed by atoms with Crippen molar-refractivity contribution in [1.29, 1.82) is 0 Å². The van der Waals surface area contributed by atoms with Gasteiger partial charge in [0, 0.05) is 17.2 Å². The third kappa shape index (κ3) is 4.46. The molecule has 5 rings (SSSR count). The molecule has 1 aliphatic rings. The summed E-state index contributed by atoms with van der Waals surface area (Å²) in [5, 5.41) is 18.7. The van der Waals surface area contributed by atoms with Crippen molar-refractivity contribution in [3.63, 3.8) is 0 Å². The van der Waals surface area contributed by atoms with Crippen molar-refractivity contribution in [2.45, 2.75) is 50.2 Å². The van der Waals surface area contributed by atoms with Gasteiger partial charge in [-0.3, -0.25) is 4.57 Å². The summed E-state index contributed by atoms with van der Waals surface area (Å²) in [6, 6.07) is 9.51. The predicted molar refractivity (Wildman–Crippen MR) is 120 cm³/mol. The highest BCUT2D eigenvalue weighted by molar-refractivity contribution is 7.98. The van der Waals surface area contributed by atoms with Gasteiger partial charge >= 0.3 is 0 Å². The van der Waals surface area contributed by atoms with Crippen LogP contribution in [0.3, 0.4) is 0 Å². The molecule has 32 heavy (non-hydrogen) atoms. The first kappa shape index (κ1) is 21.2. The van der Waals surface area contributed by atoms with E-state index in [-0.39, 0.29) is 6.10 Å². The molecule has 10 heteroatoms. The fourth-order valence-electron chi connectivity index (χ4n) is 3.75. The molecule has 1 fully saturated rings. The van der Waals surface area contributed by atoms with Gasteiger partial charge in [-0.25, -0.2) is 0 Å². The van der Waals surface area contributed by atoms with Crippen LogP contribution in [0.15, 0.2) is 44.3 Å². The quantitative estimate of drug-likeness (QED) is 0.334. The van der Waals surface area contributed by atoms with Crippen LogP contribution in [-0.4, -0.2) is 37.7 Å². The molecule has 166 valence electrons. The summed E-state index contributed by atoms with van der Waals surface area (Å²) in [4.78, 5) is 0. The topological polar surface area (TPSA) is 92.0 Å². The van der Waals surface area contributed by atoms with Gasteiger partial charge < -0.3 is 13.6 Å². The van der Waals surface area contributed by atoms with Crippen LogP contribution in [0.5, 0.6) is 0 Å². The van der Waals surface area contributed by atoms with E-state index in [1.807, 2.05) is 44.2 Å². The van der Waals surface area contributed by atoms with Gasteiger partial charge in [-0.1, -0.05) is 23.4 Å². The number of benzene rings is 1.